The van der Waals surface area contributed by atoms with E-state index in [1.54, 1.807) is 0 Å². The Balaban J connectivity index is 1.87. The molecule has 0 bridgehead atoms. The number of amidine groups is 1. The van der Waals surface area contributed by atoms with E-state index in [1.165, 1.54) is 24.2 Å². The molecule has 0 fully saturated rings. The highest BCUT2D eigenvalue weighted by Gasteiger charge is 2.29. The maximum Gasteiger partial charge on any atom is 0.156 e. The van der Waals surface area contributed by atoms with E-state index in [9.17, 15) is 0 Å². The van der Waals surface area contributed by atoms with Gasteiger partial charge in [-0.25, -0.2) is 0 Å². The molecule has 0 saturated carbocycles. The fraction of sp³-hybridized carbons (Fsp3) is 0.533. The third-order valence-electron chi connectivity index (χ3n) is 3.86. The predicted octanol–water partition coefficient (Wildman–Crippen LogP) is 3.69. The molecule has 0 atom stereocenters. The highest BCUT2D eigenvalue weighted by atomic mass is 32.2. The van der Waals surface area contributed by atoms with Gasteiger partial charge in [-0.05, 0) is 23.8 Å². The van der Waals surface area contributed by atoms with Gasteiger partial charge in [0.1, 0.15) is 0 Å². The largest absolute Gasteiger partial charge is 0.361 e. The molecule has 2 nitrogen and oxygen atoms in total. The Morgan fingerprint density at radius 3 is 2.50 bits per heavy atom. The Kier molecular flexibility index (Phi) is 4.70. The van der Waals surface area contributed by atoms with Crippen LogP contribution in [0.2, 0.25) is 0 Å². The van der Waals surface area contributed by atoms with Gasteiger partial charge in [-0.15, -0.1) is 0 Å². The maximum atomic E-state index is 4.71. The molecule has 98 valence electrons. The van der Waals surface area contributed by atoms with Crippen LogP contribution >= 0.6 is 11.8 Å². The smallest absolute Gasteiger partial charge is 0.156 e. The number of aliphatic imine (C=N–C) groups is 1. The second-order valence-electron chi connectivity index (χ2n) is 4.96. The van der Waals surface area contributed by atoms with Gasteiger partial charge < -0.3 is 5.32 Å². The zero-order valence-corrected chi connectivity index (χ0v) is 12.1. The van der Waals surface area contributed by atoms with Crippen molar-refractivity contribution >= 4 is 16.9 Å². The second-order valence-corrected chi connectivity index (χ2v) is 5.92. The Morgan fingerprint density at radius 1 is 1.22 bits per heavy atom. The maximum absolute atomic E-state index is 4.71. The molecule has 0 aliphatic carbocycles. The van der Waals surface area contributed by atoms with Crippen LogP contribution in [0.15, 0.2) is 35.3 Å². The quantitative estimate of drug-likeness (QED) is 0.895. The first-order valence-electron chi connectivity index (χ1n) is 6.73. The normalized spacial score (nSPS) is 18.2. The first kappa shape index (κ1) is 13.5. The molecule has 3 heteroatoms. The average molecular weight is 262 g/mol. The van der Waals surface area contributed by atoms with E-state index >= 15 is 0 Å². The molecule has 1 aliphatic rings. The molecule has 0 radical (unpaired) electrons. The van der Waals surface area contributed by atoms with Crippen LogP contribution in [-0.2, 0) is 6.54 Å². The summed E-state index contributed by atoms with van der Waals surface area (Å²) >= 11 is 1.88. The van der Waals surface area contributed by atoms with Crippen molar-refractivity contribution in [2.75, 3.05) is 12.3 Å². The molecule has 1 aliphatic heterocycles. The lowest BCUT2D eigenvalue weighted by Gasteiger charge is -2.33. The lowest BCUT2D eigenvalue weighted by molar-refractivity contribution is 0.318. The van der Waals surface area contributed by atoms with E-state index in [1.807, 2.05) is 17.8 Å². The molecule has 0 spiro atoms. The van der Waals surface area contributed by atoms with Gasteiger partial charge >= 0.3 is 0 Å². The first-order valence-corrected chi connectivity index (χ1v) is 7.71. The summed E-state index contributed by atoms with van der Waals surface area (Å²) in [6, 6.07) is 10.5. The number of benzene rings is 1. The van der Waals surface area contributed by atoms with Gasteiger partial charge in [-0.3, -0.25) is 4.99 Å². The molecule has 0 saturated heterocycles. The van der Waals surface area contributed by atoms with Crippen LogP contribution in [0.1, 0.15) is 32.3 Å². The standard InChI is InChI=1S/C15H22N2S/c1-3-15(4-2)11-17-14(18-12-15)16-10-13-8-6-5-7-9-13/h5-9H,3-4,10-12H2,1-2H3,(H,16,17). The minimum atomic E-state index is 0.433. The third kappa shape index (κ3) is 3.29. The average Bonchev–Trinajstić information content (AvgIpc) is 2.47. The third-order valence-corrected chi connectivity index (χ3v) is 5.16. The van der Waals surface area contributed by atoms with Crippen molar-refractivity contribution in [3.63, 3.8) is 0 Å². The van der Waals surface area contributed by atoms with Gasteiger partial charge in [0, 0.05) is 18.8 Å². The van der Waals surface area contributed by atoms with Crippen LogP contribution in [0, 0.1) is 5.41 Å². The fourth-order valence-corrected chi connectivity index (χ4v) is 3.38. The zero-order chi connectivity index (χ0) is 12.8. The molecular formula is C15H22N2S. The van der Waals surface area contributed by atoms with E-state index in [2.05, 4.69) is 43.4 Å². The van der Waals surface area contributed by atoms with Crippen LogP contribution in [0.4, 0.5) is 0 Å². The number of hydrogen-bond donors (Lipinski definition) is 1. The molecule has 0 aromatic heterocycles. The molecule has 18 heavy (non-hydrogen) atoms. The van der Waals surface area contributed by atoms with E-state index in [0.717, 1.165) is 18.3 Å². The molecule has 0 amide bonds. The Morgan fingerprint density at radius 2 is 1.94 bits per heavy atom. The van der Waals surface area contributed by atoms with Gasteiger partial charge in [-0.2, -0.15) is 0 Å². The van der Waals surface area contributed by atoms with E-state index < -0.39 is 0 Å². The summed E-state index contributed by atoms with van der Waals surface area (Å²) in [5.41, 5.74) is 1.74. The van der Waals surface area contributed by atoms with Crippen molar-refractivity contribution in [1.29, 1.82) is 0 Å². The van der Waals surface area contributed by atoms with Crippen molar-refractivity contribution in [3.8, 4) is 0 Å². The number of nitrogens with zero attached hydrogens (tertiary/aromatic N) is 1. The lowest BCUT2D eigenvalue weighted by atomic mass is 9.84. The molecular weight excluding hydrogens is 240 g/mol. The van der Waals surface area contributed by atoms with Gasteiger partial charge in [-0.1, -0.05) is 55.9 Å². The second kappa shape index (κ2) is 6.28. The van der Waals surface area contributed by atoms with Crippen molar-refractivity contribution in [2.45, 2.75) is 33.2 Å². The number of rotatable bonds is 4. The van der Waals surface area contributed by atoms with Crippen molar-refractivity contribution in [3.05, 3.63) is 35.9 Å². The Bertz CT molecular complexity index is 396. The molecule has 0 unspecified atom stereocenters. The molecule has 1 N–H and O–H groups in total. The van der Waals surface area contributed by atoms with Gasteiger partial charge in [0.2, 0.25) is 0 Å². The fourth-order valence-electron chi connectivity index (χ4n) is 2.11. The summed E-state index contributed by atoms with van der Waals surface area (Å²) in [6.07, 6.45) is 2.46. The summed E-state index contributed by atoms with van der Waals surface area (Å²) in [4.78, 5) is 4.71. The molecule has 1 aromatic rings. The number of thioether (sulfide) groups is 1. The lowest BCUT2D eigenvalue weighted by Crippen LogP contribution is -2.34. The highest BCUT2D eigenvalue weighted by Crippen LogP contribution is 2.34. The van der Waals surface area contributed by atoms with Crippen LogP contribution in [0.3, 0.4) is 0 Å². The van der Waals surface area contributed by atoms with Crippen LogP contribution in [0.25, 0.3) is 0 Å². The Labute approximate surface area is 114 Å². The highest BCUT2D eigenvalue weighted by molar-refractivity contribution is 8.13. The number of hydrogen-bond acceptors (Lipinski definition) is 3. The molecule has 2 rings (SSSR count). The SMILES string of the molecule is CCC1(CC)CN=C(NCc2ccccc2)SC1. The van der Waals surface area contributed by atoms with Crippen LogP contribution in [0.5, 0.6) is 0 Å². The molecule has 1 heterocycles. The summed E-state index contributed by atoms with van der Waals surface area (Å²) < 4.78 is 0. The first-order chi connectivity index (χ1) is 8.78. The monoisotopic (exact) mass is 262 g/mol. The zero-order valence-electron chi connectivity index (χ0n) is 11.3. The van der Waals surface area contributed by atoms with E-state index in [-0.39, 0.29) is 0 Å². The Hall–Kier alpha value is -0.960. The van der Waals surface area contributed by atoms with Crippen molar-refractivity contribution < 1.29 is 0 Å². The minimum absolute atomic E-state index is 0.433. The van der Waals surface area contributed by atoms with E-state index in [0.29, 0.717) is 5.41 Å². The predicted molar refractivity (Wildman–Crippen MR) is 81.1 cm³/mol. The summed E-state index contributed by atoms with van der Waals surface area (Å²) in [6.45, 7) is 6.41. The van der Waals surface area contributed by atoms with Gasteiger partial charge in [0.25, 0.3) is 0 Å². The minimum Gasteiger partial charge on any atom is -0.361 e. The summed E-state index contributed by atoms with van der Waals surface area (Å²) in [7, 11) is 0. The van der Waals surface area contributed by atoms with E-state index in [4.69, 9.17) is 4.99 Å². The van der Waals surface area contributed by atoms with Crippen LogP contribution < -0.4 is 5.32 Å². The topological polar surface area (TPSA) is 24.4 Å². The van der Waals surface area contributed by atoms with Gasteiger partial charge in [0.15, 0.2) is 5.17 Å². The number of nitrogens with one attached hydrogen (secondary N) is 1. The molecule has 1 aromatic carbocycles. The summed E-state index contributed by atoms with van der Waals surface area (Å²) in [5, 5.41) is 4.54. The van der Waals surface area contributed by atoms with Crippen molar-refractivity contribution in [2.24, 2.45) is 10.4 Å². The van der Waals surface area contributed by atoms with Crippen molar-refractivity contribution in [1.82, 2.24) is 5.32 Å². The summed E-state index contributed by atoms with van der Waals surface area (Å²) in [5.74, 6) is 1.20. The van der Waals surface area contributed by atoms with Crippen LogP contribution in [-0.4, -0.2) is 17.5 Å². The van der Waals surface area contributed by atoms with Gasteiger partial charge in [0.05, 0.1) is 0 Å².